The van der Waals surface area contributed by atoms with Crippen LogP contribution in [0.3, 0.4) is 0 Å². The fraction of sp³-hybridized carbons (Fsp3) is 0.821. The number of rotatable bonds is 6. The normalized spacial score (nSPS) is 42.4. The number of ether oxygens (including phenoxy) is 2. The highest BCUT2D eigenvalue weighted by Crippen LogP contribution is 2.63. The summed E-state index contributed by atoms with van der Waals surface area (Å²) in [5, 5.41) is 36.2. The summed E-state index contributed by atoms with van der Waals surface area (Å²) in [6.45, 7) is 13.9. The van der Waals surface area contributed by atoms with E-state index in [2.05, 4.69) is 20.8 Å². The topological polar surface area (TPSA) is 140 Å². The minimum Gasteiger partial charge on any atom is -0.454 e. The van der Waals surface area contributed by atoms with E-state index >= 15 is 0 Å². The van der Waals surface area contributed by atoms with Crippen LogP contribution in [0.5, 0.6) is 0 Å². The summed E-state index contributed by atoms with van der Waals surface area (Å²) in [6, 6.07) is 2.44. The van der Waals surface area contributed by atoms with Crippen LogP contribution in [0.4, 0.5) is 0 Å². The van der Waals surface area contributed by atoms with Crippen LogP contribution in [0.25, 0.3) is 0 Å². The van der Waals surface area contributed by atoms with E-state index < -0.39 is 84.6 Å². The Morgan fingerprint density at radius 1 is 1.11 bits per heavy atom. The van der Waals surface area contributed by atoms with Gasteiger partial charge in [-0.2, -0.15) is 0 Å². The van der Waals surface area contributed by atoms with Gasteiger partial charge in [-0.3, -0.25) is 14.4 Å². The minimum absolute atomic E-state index is 0.0747. The molecule has 1 heterocycles. The Morgan fingerprint density at radius 2 is 1.68 bits per heavy atom. The number of hydrogen-bond donors (Lipinski definition) is 3. The first kappa shape index (κ1) is 29.5. The van der Waals surface area contributed by atoms with Crippen molar-refractivity contribution in [3.05, 3.63) is 11.1 Å². The second-order valence-electron chi connectivity index (χ2n) is 12.6. The lowest BCUT2D eigenvalue weighted by atomic mass is 9.45. The van der Waals surface area contributed by atoms with Gasteiger partial charge in [-0.1, -0.05) is 34.6 Å². The molecule has 8 atom stereocenters. The zero-order valence-corrected chi connectivity index (χ0v) is 24.9. The van der Waals surface area contributed by atoms with Gasteiger partial charge in [0.1, 0.15) is 17.8 Å². The molecule has 0 amide bonds. The van der Waals surface area contributed by atoms with Crippen LogP contribution in [0.1, 0.15) is 68.2 Å². The summed E-state index contributed by atoms with van der Waals surface area (Å²) in [7, 11) is -2.32. The standard InChI is InChI=1S/C28H44O9Si/c1-9-38(10-2,11-3)37-18-12-19-27(14-35-19,36-16(5)29)22-24(33)28(34)13-17(30)15(4)20(25(28,6)7)21(31)23(32)26(18,22)8/h18-19,21-22,24,31,33-34H,9-14H2,1-8H3/t18-,19+,21+,22-,24-,26+,27-,28+/m0/s1. The molecule has 2 saturated carbocycles. The van der Waals surface area contributed by atoms with E-state index in [-0.39, 0.29) is 24.2 Å². The SMILES string of the molecule is CC[Si](CC)(CC)O[C@H]1C[C@H]2OC[C@@]2(OC(C)=O)[C@H]2[C@H](O)[C@]3(O)CC(=O)C(C)=C([C@@H](O)C(=O)[C@]12C)C3(C)C. The van der Waals surface area contributed by atoms with Gasteiger partial charge >= 0.3 is 5.97 Å². The van der Waals surface area contributed by atoms with Crippen molar-refractivity contribution in [3.8, 4) is 0 Å². The molecule has 10 heteroatoms. The number of hydrogen-bond acceptors (Lipinski definition) is 9. The Balaban J connectivity index is 2.02. The average molecular weight is 553 g/mol. The zero-order valence-electron chi connectivity index (χ0n) is 23.9. The predicted octanol–water partition coefficient (Wildman–Crippen LogP) is 2.45. The molecule has 2 bridgehead atoms. The average Bonchev–Trinajstić information content (AvgIpc) is 2.84. The molecule has 4 aliphatic rings. The largest absolute Gasteiger partial charge is 0.454 e. The lowest BCUT2D eigenvalue weighted by Crippen LogP contribution is -2.81. The van der Waals surface area contributed by atoms with Crippen LogP contribution in [-0.2, 0) is 28.3 Å². The lowest BCUT2D eigenvalue weighted by Gasteiger charge is -2.67. The summed E-state index contributed by atoms with van der Waals surface area (Å²) >= 11 is 0. The van der Waals surface area contributed by atoms with Crippen LogP contribution in [0.15, 0.2) is 11.1 Å². The van der Waals surface area contributed by atoms with Crippen molar-refractivity contribution in [2.24, 2.45) is 16.7 Å². The van der Waals surface area contributed by atoms with Crippen molar-refractivity contribution < 1.29 is 43.6 Å². The van der Waals surface area contributed by atoms with Crippen LogP contribution >= 0.6 is 0 Å². The molecule has 0 radical (unpaired) electrons. The van der Waals surface area contributed by atoms with E-state index in [0.717, 1.165) is 18.1 Å². The molecule has 214 valence electrons. The maximum absolute atomic E-state index is 14.6. The van der Waals surface area contributed by atoms with E-state index in [9.17, 15) is 29.7 Å². The molecule has 0 aromatic heterocycles. The van der Waals surface area contributed by atoms with Gasteiger partial charge < -0.3 is 29.2 Å². The molecule has 3 fully saturated rings. The fourth-order valence-corrected chi connectivity index (χ4v) is 11.0. The molecular weight excluding hydrogens is 508 g/mol. The van der Waals surface area contributed by atoms with Gasteiger partial charge in [0.25, 0.3) is 0 Å². The van der Waals surface area contributed by atoms with Gasteiger partial charge in [0, 0.05) is 31.1 Å². The Bertz CT molecular complexity index is 1060. The van der Waals surface area contributed by atoms with Gasteiger partial charge in [0.05, 0.1) is 24.2 Å². The van der Waals surface area contributed by atoms with Crippen molar-refractivity contribution in [2.75, 3.05) is 6.61 Å². The second-order valence-corrected chi connectivity index (χ2v) is 17.3. The number of Topliss-reactive ketones (excluding diaryl/α,β-unsaturated/α-hetero) is 2. The number of esters is 1. The Hall–Kier alpha value is -1.43. The third-order valence-corrected chi connectivity index (χ3v) is 15.5. The number of ketones is 2. The maximum atomic E-state index is 14.6. The van der Waals surface area contributed by atoms with Crippen LogP contribution in [0.2, 0.25) is 18.1 Å². The number of fused-ring (bicyclic) bond motifs is 5. The quantitative estimate of drug-likeness (QED) is 0.335. The first-order valence-corrected chi connectivity index (χ1v) is 16.4. The summed E-state index contributed by atoms with van der Waals surface area (Å²) in [6.07, 6.45) is -4.96. The molecule has 0 aromatic rings. The molecule has 38 heavy (non-hydrogen) atoms. The summed E-state index contributed by atoms with van der Waals surface area (Å²) in [5.41, 5.74) is -6.01. The summed E-state index contributed by atoms with van der Waals surface area (Å²) in [5.74, 6) is -2.84. The van der Waals surface area contributed by atoms with Gasteiger partial charge in [-0.25, -0.2) is 0 Å². The van der Waals surface area contributed by atoms with Gasteiger partial charge in [-0.15, -0.1) is 0 Å². The molecule has 4 rings (SSSR count). The smallest absolute Gasteiger partial charge is 0.303 e. The third kappa shape index (κ3) is 3.63. The van der Waals surface area contributed by atoms with Crippen LogP contribution in [0, 0.1) is 16.7 Å². The molecule has 0 unspecified atom stereocenters. The van der Waals surface area contributed by atoms with Crippen molar-refractivity contribution in [1.82, 2.24) is 0 Å². The third-order valence-electron chi connectivity index (χ3n) is 10.8. The summed E-state index contributed by atoms with van der Waals surface area (Å²) < 4.78 is 18.7. The van der Waals surface area contributed by atoms with Crippen molar-refractivity contribution in [1.29, 1.82) is 0 Å². The molecule has 3 aliphatic carbocycles. The first-order valence-electron chi connectivity index (χ1n) is 13.9. The molecule has 1 aliphatic heterocycles. The lowest BCUT2D eigenvalue weighted by molar-refractivity contribution is -0.343. The van der Waals surface area contributed by atoms with E-state index in [4.69, 9.17) is 13.9 Å². The minimum atomic E-state index is -2.32. The number of carbonyl (C=O) groups excluding carboxylic acids is 3. The molecule has 0 spiro atoms. The predicted molar refractivity (Wildman–Crippen MR) is 141 cm³/mol. The number of aliphatic hydroxyl groups excluding tert-OH is 2. The van der Waals surface area contributed by atoms with E-state index in [1.165, 1.54) is 6.92 Å². The maximum Gasteiger partial charge on any atom is 0.303 e. The highest BCUT2D eigenvalue weighted by Gasteiger charge is 2.77. The summed E-state index contributed by atoms with van der Waals surface area (Å²) in [4.78, 5) is 40.1. The highest BCUT2D eigenvalue weighted by molar-refractivity contribution is 6.73. The van der Waals surface area contributed by atoms with Crippen LogP contribution in [-0.4, -0.2) is 83.4 Å². The van der Waals surface area contributed by atoms with Crippen LogP contribution < -0.4 is 0 Å². The molecule has 1 saturated heterocycles. The Labute approximate surface area is 226 Å². The van der Waals surface area contributed by atoms with Crippen molar-refractivity contribution in [2.45, 2.75) is 122 Å². The van der Waals surface area contributed by atoms with Crippen molar-refractivity contribution >= 4 is 25.9 Å². The Kier molecular flexibility index (Phi) is 7.24. The molecule has 3 N–H and O–H groups in total. The first-order chi connectivity index (χ1) is 17.5. The monoisotopic (exact) mass is 552 g/mol. The number of carbonyl (C=O) groups is 3. The van der Waals surface area contributed by atoms with Gasteiger partial charge in [-0.05, 0) is 43.1 Å². The number of aliphatic hydroxyl groups is 3. The van der Waals surface area contributed by atoms with Gasteiger partial charge in [0.2, 0.25) is 0 Å². The Morgan fingerprint density at radius 3 is 2.16 bits per heavy atom. The zero-order chi connectivity index (χ0) is 28.6. The van der Waals surface area contributed by atoms with E-state index in [1.54, 1.807) is 27.7 Å². The van der Waals surface area contributed by atoms with Gasteiger partial charge in [0.15, 0.2) is 25.5 Å². The highest BCUT2D eigenvalue weighted by atomic mass is 28.4. The molecule has 0 aromatic carbocycles. The molecule has 9 nitrogen and oxygen atoms in total. The van der Waals surface area contributed by atoms with E-state index in [1.807, 2.05) is 0 Å². The fourth-order valence-electron chi connectivity index (χ4n) is 8.05. The molecular formula is C28H44O9Si. The number of allylic oxidation sites excluding steroid dienone is 1. The second kappa shape index (κ2) is 9.31. The van der Waals surface area contributed by atoms with E-state index in [0.29, 0.717) is 0 Å². The van der Waals surface area contributed by atoms with Crippen molar-refractivity contribution in [3.63, 3.8) is 0 Å².